The Kier molecular flexibility index (Phi) is 67.6. The molecule has 0 aromatic heterocycles. The van der Waals surface area contributed by atoms with Gasteiger partial charge in [-0.1, -0.05) is 318 Å². The fraction of sp³-hybridized carbons (Fsp3) is 0.803. The predicted octanol–water partition coefficient (Wildman–Crippen LogP) is 24.8. The first-order chi connectivity index (χ1) is 40.5. The maximum atomic E-state index is 12.9. The second-order valence-corrected chi connectivity index (χ2v) is 24.1. The summed E-state index contributed by atoms with van der Waals surface area (Å²) >= 11 is 0. The predicted molar refractivity (Wildman–Crippen MR) is 358 cm³/mol. The van der Waals surface area contributed by atoms with Gasteiger partial charge in [0.15, 0.2) is 6.10 Å². The summed E-state index contributed by atoms with van der Waals surface area (Å²) < 4.78 is 17.0. The van der Waals surface area contributed by atoms with Crippen molar-refractivity contribution in [3.05, 3.63) is 72.9 Å². The van der Waals surface area contributed by atoms with Gasteiger partial charge in [0.1, 0.15) is 13.2 Å². The maximum Gasteiger partial charge on any atom is 0.306 e. The Balaban J connectivity index is 4.17. The van der Waals surface area contributed by atoms with Crippen molar-refractivity contribution in [1.29, 1.82) is 0 Å². The molecule has 0 amide bonds. The number of unbranched alkanes of at least 4 members (excludes halogenated alkanes) is 43. The van der Waals surface area contributed by atoms with Crippen molar-refractivity contribution < 1.29 is 28.6 Å². The van der Waals surface area contributed by atoms with E-state index in [1.54, 1.807) is 0 Å². The molecule has 0 saturated heterocycles. The molecule has 0 aliphatic carbocycles. The third-order valence-corrected chi connectivity index (χ3v) is 15.9. The number of carbonyl (C=O) groups is 3. The molecule has 0 saturated carbocycles. The molecule has 0 bridgehead atoms. The van der Waals surface area contributed by atoms with Crippen molar-refractivity contribution in [3.63, 3.8) is 0 Å². The zero-order valence-electron chi connectivity index (χ0n) is 54.8. The SMILES string of the molecule is CCCC/C=C\C/C=C\CCCCCCCC(=O)OCC(COC(=O)CCCCCCCCCCCCCCCCCCCC/C=C\C/C=C\C/C=C\CCCCCCC)OC(=O)CCCCCCCCC/C=C\CCCCCCCC. The summed E-state index contributed by atoms with van der Waals surface area (Å²) in [4.78, 5) is 38.4. The Labute approximate surface area is 510 Å². The first-order valence-corrected chi connectivity index (χ1v) is 35.9. The zero-order valence-corrected chi connectivity index (χ0v) is 54.8. The second kappa shape index (κ2) is 70.3. The van der Waals surface area contributed by atoms with Crippen LogP contribution in [0.25, 0.3) is 0 Å². The summed E-state index contributed by atoms with van der Waals surface area (Å²) in [7, 11) is 0. The summed E-state index contributed by atoms with van der Waals surface area (Å²) in [6, 6.07) is 0. The van der Waals surface area contributed by atoms with Crippen molar-refractivity contribution in [1.82, 2.24) is 0 Å². The van der Waals surface area contributed by atoms with Crippen molar-refractivity contribution in [2.24, 2.45) is 0 Å². The third-order valence-electron chi connectivity index (χ3n) is 15.9. The summed E-state index contributed by atoms with van der Waals surface area (Å²) in [6.45, 7) is 6.62. The second-order valence-electron chi connectivity index (χ2n) is 24.1. The van der Waals surface area contributed by atoms with E-state index in [1.807, 2.05) is 0 Å². The van der Waals surface area contributed by atoms with Crippen molar-refractivity contribution in [3.8, 4) is 0 Å². The molecule has 0 aliphatic heterocycles. The average Bonchev–Trinajstić information content (AvgIpc) is 3.48. The summed E-state index contributed by atoms with van der Waals surface area (Å²) in [5.74, 6) is -0.877. The number of carbonyl (C=O) groups excluding carboxylic acids is 3. The van der Waals surface area contributed by atoms with Gasteiger partial charge >= 0.3 is 17.9 Å². The molecule has 1 unspecified atom stereocenters. The third kappa shape index (κ3) is 67.6. The van der Waals surface area contributed by atoms with Gasteiger partial charge in [-0.25, -0.2) is 0 Å². The van der Waals surface area contributed by atoms with Gasteiger partial charge in [-0.05, 0) is 109 Å². The van der Waals surface area contributed by atoms with Gasteiger partial charge in [-0.15, -0.1) is 0 Å². The summed E-state index contributed by atoms with van der Waals surface area (Å²) in [5, 5.41) is 0. The number of hydrogen-bond acceptors (Lipinski definition) is 6. The Bertz CT molecular complexity index is 1500. The van der Waals surface area contributed by atoms with Gasteiger partial charge in [-0.3, -0.25) is 14.4 Å². The minimum atomic E-state index is -0.783. The molecule has 1 atom stereocenters. The minimum Gasteiger partial charge on any atom is -0.462 e. The zero-order chi connectivity index (χ0) is 59.2. The molecule has 476 valence electrons. The van der Waals surface area contributed by atoms with E-state index in [4.69, 9.17) is 14.2 Å². The van der Waals surface area contributed by atoms with Crippen LogP contribution in [0, 0.1) is 0 Å². The van der Waals surface area contributed by atoms with Gasteiger partial charge < -0.3 is 14.2 Å². The summed E-state index contributed by atoms with van der Waals surface area (Å²) in [5.41, 5.74) is 0. The quantitative estimate of drug-likeness (QED) is 0.0261. The van der Waals surface area contributed by atoms with E-state index in [0.29, 0.717) is 19.3 Å². The van der Waals surface area contributed by atoms with E-state index >= 15 is 0 Å². The Morgan fingerprint density at radius 2 is 0.451 bits per heavy atom. The van der Waals surface area contributed by atoms with Crippen LogP contribution in [0.1, 0.15) is 374 Å². The van der Waals surface area contributed by atoms with Crippen LogP contribution in [0.3, 0.4) is 0 Å². The summed E-state index contributed by atoms with van der Waals surface area (Å²) in [6.07, 6.45) is 92.2. The van der Waals surface area contributed by atoms with Gasteiger partial charge in [0.05, 0.1) is 0 Å². The lowest BCUT2D eigenvalue weighted by molar-refractivity contribution is -0.167. The Hall–Kier alpha value is -3.15. The number of hydrogen-bond donors (Lipinski definition) is 0. The standard InChI is InChI=1S/C76H136O6/c1-4-7-10-13-16-19-22-25-28-30-31-32-33-34-35-36-37-38-39-40-41-42-43-44-45-47-48-51-54-57-60-63-66-69-75(78)81-72-73(71-80-74(77)68-65-62-59-56-53-50-27-24-21-18-15-12-9-6-3)82-76(79)70-67-64-61-58-55-52-49-46-29-26-23-20-17-14-11-8-5-2/h15,18,22,24-27,29-31,33-34,73H,4-14,16-17,19-21,23,28,32,35-72H2,1-3H3/b18-15-,25-22-,27-24-,29-26-,31-30-,34-33-. The smallest absolute Gasteiger partial charge is 0.306 e. The minimum absolute atomic E-state index is 0.0781. The molecule has 0 spiro atoms. The molecule has 6 heteroatoms. The molecule has 0 rings (SSSR count). The number of rotatable bonds is 66. The van der Waals surface area contributed by atoms with Crippen molar-refractivity contribution in [2.45, 2.75) is 380 Å². The first-order valence-electron chi connectivity index (χ1n) is 35.9. The van der Waals surface area contributed by atoms with Crippen molar-refractivity contribution in [2.75, 3.05) is 13.2 Å². The topological polar surface area (TPSA) is 78.9 Å². The van der Waals surface area contributed by atoms with E-state index in [0.717, 1.165) is 89.9 Å². The molecular weight excluding hydrogens is 1010 g/mol. The van der Waals surface area contributed by atoms with Crippen LogP contribution in [0.4, 0.5) is 0 Å². The molecule has 0 fully saturated rings. The lowest BCUT2D eigenvalue weighted by atomic mass is 10.0. The van der Waals surface area contributed by atoms with Crippen molar-refractivity contribution >= 4 is 17.9 Å². The first kappa shape index (κ1) is 78.8. The number of ether oxygens (including phenoxy) is 3. The van der Waals surface area contributed by atoms with Gasteiger partial charge in [-0.2, -0.15) is 0 Å². The molecule has 0 N–H and O–H groups in total. The van der Waals surface area contributed by atoms with Crippen LogP contribution in [-0.2, 0) is 28.6 Å². The van der Waals surface area contributed by atoms with Gasteiger partial charge in [0.25, 0.3) is 0 Å². The number of allylic oxidation sites excluding steroid dienone is 12. The lowest BCUT2D eigenvalue weighted by Gasteiger charge is -2.18. The van der Waals surface area contributed by atoms with Crippen LogP contribution >= 0.6 is 0 Å². The molecule has 0 aromatic carbocycles. The Morgan fingerprint density at radius 3 is 0.732 bits per heavy atom. The number of esters is 3. The van der Waals surface area contributed by atoms with Crippen LogP contribution < -0.4 is 0 Å². The van der Waals surface area contributed by atoms with Crippen LogP contribution in [0.15, 0.2) is 72.9 Å². The molecule has 6 nitrogen and oxygen atoms in total. The monoisotopic (exact) mass is 1150 g/mol. The normalized spacial score (nSPS) is 12.5. The molecule has 0 aliphatic rings. The highest BCUT2D eigenvalue weighted by molar-refractivity contribution is 5.71. The fourth-order valence-electron chi connectivity index (χ4n) is 10.5. The van der Waals surface area contributed by atoms with E-state index in [9.17, 15) is 14.4 Å². The fourth-order valence-corrected chi connectivity index (χ4v) is 10.5. The van der Waals surface area contributed by atoms with E-state index in [-0.39, 0.29) is 31.1 Å². The van der Waals surface area contributed by atoms with Gasteiger partial charge in [0, 0.05) is 19.3 Å². The van der Waals surface area contributed by atoms with Crippen LogP contribution in [-0.4, -0.2) is 37.2 Å². The molecule has 0 radical (unpaired) electrons. The van der Waals surface area contributed by atoms with E-state index < -0.39 is 6.10 Å². The van der Waals surface area contributed by atoms with E-state index in [2.05, 4.69) is 93.7 Å². The molecular formula is C76H136O6. The average molecular weight is 1150 g/mol. The highest BCUT2D eigenvalue weighted by Crippen LogP contribution is 2.18. The molecule has 0 aromatic rings. The highest BCUT2D eigenvalue weighted by Gasteiger charge is 2.19. The van der Waals surface area contributed by atoms with E-state index in [1.165, 1.54) is 244 Å². The maximum absolute atomic E-state index is 12.9. The van der Waals surface area contributed by atoms with Crippen LogP contribution in [0.5, 0.6) is 0 Å². The molecule has 82 heavy (non-hydrogen) atoms. The Morgan fingerprint density at radius 1 is 0.244 bits per heavy atom. The lowest BCUT2D eigenvalue weighted by Crippen LogP contribution is -2.30. The van der Waals surface area contributed by atoms with Crippen LogP contribution in [0.2, 0.25) is 0 Å². The molecule has 0 heterocycles. The highest BCUT2D eigenvalue weighted by atomic mass is 16.6. The van der Waals surface area contributed by atoms with Gasteiger partial charge in [0.2, 0.25) is 0 Å². The largest absolute Gasteiger partial charge is 0.462 e.